The van der Waals surface area contributed by atoms with Crippen LogP contribution in [-0.2, 0) is 0 Å². The molecule has 0 saturated carbocycles. The molecule has 1 aliphatic rings. The SMILES string of the molecule is COc1ccc([C@H](CNC(=O)c2ccc(-n3cccc3)cc2)N2CCCC2)cc1. The monoisotopic (exact) mass is 389 g/mol. The molecule has 29 heavy (non-hydrogen) atoms. The molecule has 2 aromatic carbocycles. The van der Waals surface area contributed by atoms with Crippen molar-refractivity contribution in [2.24, 2.45) is 0 Å². The number of nitrogens with zero attached hydrogens (tertiary/aromatic N) is 2. The van der Waals surface area contributed by atoms with Gasteiger partial charge in [-0.3, -0.25) is 9.69 Å². The molecule has 2 heterocycles. The minimum absolute atomic E-state index is 0.0400. The molecule has 0 unspecified atom stereocenters. The van der Waals surface area contributed by atoms with Crippen LogP contribution in [0.5, 0.6) is 5.75 Å². The van der Waals surface area contributed by atoms with E-state index in [-0.39, 0.29) is 11.9 Å². The Balaban J connectivity index is 1.44. The van der Waals surface area contributed by atoms with E-state index in [2.05, 4.69) is 22.3 Å². The fraction of sp³-hybridized carbons (Fsp3) is 0.292. The summed E-state index contributed by atoms with van der Waals surface area (Å²) in [7, 11) is 1.68. The van der Waals surface area contributed by atoms with Gasteiger partial charge < -0.3 is 14.6 Å². The maximum absolute atomic E-state index is 12.7. The van der Waals surface area contributed by atoms with Crippen molar-refractivity contribution in [3.8, 4) is 11.4 Å². The largest absolute Gasteiger partial charge is 0.497 e. The Morgan fingerprint density at radius 3 is 2.28 bits per heavy atom. The lowest BCUT2D eigenvalue weighted by Gasteiger charge is -2.28. The number of nitrogens with one attached hydrogen (secondary N) is 1. The van der Waals surface area contributed by atoms with Crippen molar-refractivity contribution in [2.75, 3.05) is 26.7 Å². The van der Waals surface area contributed by atoms with Gasteiger partial charge in [0.05, 0.1) is 13.2 Å². The molecule has 0 radical (unpaired) electrons. The Labute approximate surface area is 171 Å². The van der Waals surface area contributed by atoms with E-state index in [0.717, 1.165) is 24.5 Å². The van der Waals surface area contributed by atoms with Crippen LogP contribution in [0.25, 0.3) is 5.69 Å². The highest BCUT2D eigenvalue weighted by Crippen LogP contribution is 2.26. The zero-order valence-electron chi connectivity index (χ0n) is 16.8. The van der Waals surface area contributed by atoms with Gasteiger partial charge in [-0.15, -0.1) is 0 Å². The van der Waals surface area contributed by atoms with Crippen LogP contribution in [0.15, 0.2) is 73.1 Å². The highest BCUT2D eigenvalue weighted by molar-refractivity contribution is 5.94. The summed E-state index contributed by atoms with van der Waals surface area (Å²) in [5.41, 5.74) is 2.92. The van der Waals surface area contributed by atoms with Crippen molar-refractivity contribution >= 4 is 5.91 Å². The first kappa shape index (κ1) is 19.3. The van der Waals surface area contributed by atoms with Gasteiger partial charge in [0.15, 0.2) is 0 Å². The highest BCUT2D eigenvalue weighted by atomic mass is 16.5. The lowest BCUT2D eigenvalue weighted by molar-refractivity contribution is 0.0938. The van der Waals surface area contributed by atoms with Crippen molar-refractivity contribution in [1.29, 1.82) is 0 Å². The number of likely N-dealkylation sites (tertiary alicyclic amines) is 1. The molecule has 1 aliphatic heterocycles. The van der Waals surface area contributed by atoms with E-state index < -0.39 is 0 Å². The van der Waals surface area contributed by atoms with Gasteiger partial charge in [0.25, 0.3) is 5.91 Å². The van der Waals surface area contributed by atoms with Gasteiger partial charge in [-0.2, -0.15) is 0 Å². The summed E-state index contributed by atoms with van der Waals surface area (Å²) in [4.78, 5) is 15.2. The highest BCUT2D eigenvalue weighted by Gasteiger charge is 2.24. The minimum atomic E-state index is -0.0400. The number of hydrogen-bond acceptors (Lipinski definition) is 3. The smallest absolute Gasteiger partial charge is 0.251 e. The predicted octanol–water partition coefficient (Wildman–Crippen LogP) is 4.05. The zero-order chi connectivity index (χ0) is 20.1. The third-order valence-corrected chi connectivity index (χ3v) is 5.57. The molecular formula is C24H27N3O2. The Bertz CT molecular complexity index is 912. The molecule has 5 heteroatoms. The number of ether oxygens (including phenoxy) is 1. The number of aromatic nitrogens is 1. The fourth-order valence-corrected chi connectivity index (χ4v) is 3.92. The molecule has 4 rings (SSSR count). The van der Waals surface area contributed by atoms with E-state index in [1.807, 2.05) is 65.5 Å². The summed E-state index contributed by atoms with van der Waals surface area (Å²) in [6.45, 7) is 2.72. The molecule has 1 amide bonds. The second-order valence-corrected chi connectivity index (χ2v) is 7.38. The van der Waals surface area contributed by atoms with Crippen LogP contribution < -0.4 is 10.1 Å². The summed E-state index contributed by atoms with van der Waals surface area (Å²) in [5, 5.41) is 3.14. The molecule has 1 atom stereocenters. The van der Waals surface area contributed by atoms with Crippen LogP contribution >= 0.6 is 0 Å². The third-order valence-electron chi connectivity index (χ3n) is 5.57. The Morgan fingerprint density at radius 2 is 1.66 bits per heavy atom. The van der Waals surface area contributed by atoms with Gasteiger partial charge >= 0.3 is 0 Å². The van der Waals surface area contributed by atoms with Crippen molar-refractivity contribution in [2.45, 2.75) is 18.9 Å². The van der Waals surface area contributed by atoms with Gasteiger partial charge in [-0.1, -0.05) is 12.1 Å². The normalized spacial score (nSPS) is 15.2. The average molecular weight is 389 g/mol. The van der Waals surface area contributed by atoms with E-state index in [1.54, 1.807) is 7.11 Å². The first-order chi connectivity index (χ1) is 14.2. The summed E-state index contributed by atoms with van der Waals surface area (Å²) in [5.74, 6) is 0.808. The maximum Gasteiger partial charge on any atom is 0.251 e. The lowest BCUT2D eigenvalue weighted by atomic mass is 10.0. The van der Waals surface area contributed by atoms with Crippen LogP contribution in [0.1, 0.15) is 34.8 Å². The van der Waals surface area contributed by atoms with E-state index in [0.29, 0.717) is 12.1 Å². The summed E-state index contributed by atoms with van der Waals surface area (Å²) < 4.78 is 7.30. The summed E-state index contributed by atoms with van der Waals surface area (Å²) in [6, 6.07) is 20.0. The van der Waals surface area contributed by atoms with Crippen LogP contribution in [-0.4, -0.2) is 42.1 Å². The summed E-state index contributed by atoms with van der Waals surface area (Å²) >= 11 is 0. The maximum atomic E-state index is 12.7. The predicted molar refractivity (Wildman–Crippen MR) is 115 cm³/mol. The third kappa shape index (κ3) is 4.51. The van der Waals surface area contributed by atoms with Crippen LogP contribution in [0, 0.1) is 0 Å². The van der Waals surface area contributed by atoms with Crippen molar-refractivity contribution < 1.29 is 9.53 Å². The molecule has 1 N–H and O–H groups in total. The molecule has 0 aliphatic carbocycles. The van der Waals surface area contributed by atoms with Crippen LogP contribution in [0.2, 0.25) is 0 Å². The molecular weight excluding hydrogens is 362 g/mol. The molecule has 1 aromatic heterocycles. The molecule has 1 saturated heterocycles. The van der Waals surface area contributed by atoms with Gasteiger partial charge in [0, 0.05) is 30.2 Å². The lowest BCUT2D eigenvalue weighted by Crippen LogP contribution is -2.36. The Kier molecular flexibility index (Phi) is 5.96. The first-order valence-electron chi connectivity index (χ1n) is 10.1. The van der Waals surface area contributed by atoms with E-state index in [9.17, 15) is 4.79 Å². The average Bonchev–Trinajstić information content (AvgIpc) is 3.49. The van der Waals surface area contributed by atoms with Gasteiger partial charge in [0.2, 0.25) is 0 Å². The molecule has 0 bridgehead atoms. The zero-order valence-corrected chi connectivity index (χ0v) is 16.8. The number of carbonyl (C=O) groups excluding carboxylic acids is 1. The van der Waals surface area contributed by atoms with Gasteiger partial charge in [0.1, 0.15) is 5.75 Å². The van der Waals surface area contributed by atoms with Gasteiger partial charge in [-0.05, 0) is 80.0 Å². The number of rotatable bonds is 7. The molecule has 1 fully saturated rings. The van der Waals surface area contributed by atoms with E-state index in [4.69, 9.17) is 4.74 Å². The number of hydrogen-bond donors (Lipinski definition) is 1. The van der Waals surface area contributed by atoms with Crippen LogP contribution in [0.3, 0.4) is 0 Å². The quantitative estimate of drug-likeness (QED) is 0.663. The Hall–Kier alpha value is -3.05. The Morgan fingerprint density at radius 1 is 1.00 bits per heavy atom. The number of carbonyl (C=O) groups is 1. The fourth-order valence-electron chi connectivity index (χ4n) is 3.92. The molecule has 5 nitrogen and oxygen atoms in total. The van der Waals surface area contributed by atoms with Crippen molar-refractivity contribution in [3.63, 3.8) is 0 Å². The van der Waals surface area contributed by atoms with Crippen molar-refractivity contribution in [3.05, 3.63) is 84.2 Å². The van der Waals surface area contributed by atoms with Crippen LogP contribution in [0.4, 0.5) is 0 Å². The first-order valence-corrected chi connectivity index (χ1v) is 10.1. The number of benzene rings is 2. The second kappa shape index (κ2) is 8.97. The molecule has 0 spiro atoms. The van der Waals surface area contributed by atoms with E-state index >= 15 is 0 Å². The topological polar surface area (TPSA) is 46.5 Å². The number of methoxy groups -OCH3 is 1. The molecule has 150 valence electrons. The second-order valence-electron chi connectivity index (χ2n) is 7.38. The number of amides is 1. The van der Waals surface area contributed by atoms with Gasteiger partial charge in [-0.25, -0.2) is 0 Å². The minimum Gasteiger partial charge on any atom is -0.497 e. The summed E-state index contributed by atoms with van der Waals surface area (Å²) in [6.07, 6.45) is 6.40. The van der Waals surface area contributed by atoms with Crippen molar-refractivity contribution in [1.82, 2.24) is 14.8 Å². The molecule has 3 aromatic rings. The van der Waals surface area contributed by atoms with E-state index in [1.165, 1.54) is 18.4 Å². The standard InChI is InChI=1S/C24H27N3O2/c1-29-22-12-8-19(9-13-22)23(27-16-4-5-17-27)18-25-24(28)20-6-10-21(11-7-20)26-14-2-3-15-26/h2-3,6-15,23H,4-5,16-18H2,1H3,(H,25,28)/t23-/m0/s1.